The highest BCUT2D eigenvalue weighted by atomic mass is 16.6. The van der Waals surface area contributed by atoms with Crippen LogP contribution in [0.15, 0.2) is 43.5 Å². The van der Waals surface area contributed by atoms with Crippen molar-refractivity contribution in [2.45, 2.75) is 77.2 Å². The molecule has 4 rings (SSSR count). The number of anilines is 1. The van der Waals surface area contributed by atoms with Crippen molar-refractivity contribution in [3.05, 3.63) is 54.6 Å². The van der Waals surface area contributed by atoms with Crippen molar-refractivity contribution < 1.29 is 29.0 Å². The molecule has 1 N–H and O–H groups in total. The first-order chi connectivity index (χ1) is 18.6. The van der Waals surface area contributed by atoms with E-state index in [1.54, 1.807) is 22.0 Å². The summed E-state index contributed by atoms with van der Waals surface area (Å²) in [6.45, 7) is 15.6. The van der Waals surface area contributed by atoms with Crippen LogP contribution in [0.25, 0.3) is 0 Å². The molecule has 1 aromatic carbocycles. The fraction of sp³-hybridized carbons (Fsp3) is 0.581. The number of likely N-dealkylation sites (tertiary alicyclic amines) is 1. The number of aliphatic hydroxyl groups excluding tert-OH is 1. The highest BCUT2D eigenvalue weighted by molar-refractivity contribution is 6.05. The van der Waals surface area contributed by atoms with Gasteiger partial charge in [0.1, 0.15) is 11.6 Å². The Kier molecular flexibility index (Phi) is 8.66. The minimum absolute atomic E-state index is 0.170. The number of esters is 1. The zero-order valence-electron chi connectivity index (χ0n) is 23.6. The SMILES string of the molecule is C=CCCOC(=O)[C@@H]1[C@@H]2CCC3(O2)C(C(=O)N(CC=C)c2c(C)cccc2C)N([C@@H](CO)CC(C)C)C(=O)[C@H]13. The van der Waals surface area contributed by atoms with Gasteiger partial charge in [0.2, 0.25) is 5.91 Å². The second-order valence-electron chi connectivity index (χ2n) is 11.5. The van der Waals surface area contributed by atoms with E-state index in [1.165, 1.54) is 0 Å². The van der Waals surface area contributed by atoms with Crippen LogP contribution in [-0.2, 0) is 23.9 Å². The van der Waals surface area contributed by atoms with Crippen LogP contribution in [0.1, 0.15) is 50.7 Å². The summed E-state index contributed by atoms with van der Waals surface area (Å²) < 4.78 is 12.1. The Bertz CT molecular complexity index is 1110. The molecule has 6 atom stereocenters. The highest BCUT2D eigenvalue weighted by Gasteiger charge is 2.75. The molecule has 2 amide bonds. The van der Waals surface area contributed by atoms with Crippen LogP contribution in [0.3, 0.4) is 0 Å². The molecule has 2 unspecified atom stereocenters. The fourth-order valence-corrected chi connectivity index (χ4v) is 6.99. The zero-order chi connectivity index (χ0) is 28.5. The van der Waals surface area contributed by atoms with Gasteiger partial charge in [-0.15, -0.1) is 13.2 Å². The lowest BCUT2D eigenvalue weighted by molar-refractivity contribution is -0.155. The van der Waals surface area contributed by atoms with Gasteiger partial charge < -0.3 is 24.4 Å². The smallest absolute Gasteiger partial charge is 0.312 e. The molecule has 1 aromatic rings. The van der Waals surface area contributed by atoms with E-state index in [2.05, 4.69) is 13.2 Å². The number of para-hydroxylation sites is 1. The molecule has 8 heteroatoms. The van der Waals surface area contributed by atoms with E-state index in [-0.39, 0.29) is 37.5 Å². The number of aryl methyl sites for hydroxylation is 2. The average molecular weight is 539 g/mol. The fourth-order valence-electron chi connectivity index (χ4n) is 6.99. The van der Waals surface area contributed by atoms with Crippen molar-refractivity contribution in [2.24, 2.45) is 17.8 Å². The number of ether oxygens (including phenoxy) is 2. The minimum atomic E-state index is -1.17. The summed E-state index contributed by atoms with van der Waals surface area (Å²) in [5.74, 6) is -2.54. The number of hydrogen-bond donors (Lipinski definition) is 1. The van der Waals surface area contributed by atoms with Crippen molar-refractivity contribution >= 4 is 23.5 Å². The summed E-state index contributed by atoms with van der Waals surface area (Å²) in [7, 11) is 0. The topological polar surface area (TPSA) is 96.4 Å². The normalized spacial score (nSPS) is 27.9. The summed E-state index contributed by atoms with van der Waals surface area (Å²) in [5, 5.41) is 10.5. The largest absolute Gasteiger partial charge is 0.465 e. The number of rotatable bonds is 12. The van der Waals surface area contributed by atoms with E-state index in [4.69, 9.17) is 9.47 Å². The lowest BCUT2D eigenvalue weighted by Gasteiger charge is -2.40. The maximum Gasteiger partial charge on any atom is 0.312 e. The Balaban J connectivity index is 1.82. The quantitative estimate of drug-likeness (QED) is 0.248. The minimum Gasteiger partial charge on any atom is -0.465 e. The predicted octanol–water partition coefficient (Wildman–Crippen LogP) is 3.72. The number of nitrogens with zero attached hydrogens (tertiary/aromatic N) is 2. The Labute approximate surface area is 231 Å². The van der Waals surface area contributed by atoms with E-state index in [0.29, 0.717) is 25.7 Å². The summed E-state index contributed by atoms with van der Waals surface area (Å²) in [4.78, 5) is 45.5. The van der Waals surface area contributed by atoms with Gasteiger partial charge in [0.05, 0.1) is 37.2 Å². The van der Waals surface area contributed by atoms with E-state index < -0.39 is 41.6 Å². The van der Waals surface area contributed by atoms with Gasteiger partial charge in [-0.25, -0.2) is 0 Å². The summed E-state index contributed by atoms with van der Waals surface area (Å²) in [6, 6.07) is 4.27. The number of fused-ring (bicyclic) bond motifs is 1. The number of carbonyl (C=O) groups is 3. The number of hydrogen-bond acceptors (Lipinski definition) is 6. The van der Waals surface area contributed by atoms with Crippen LogP contribution >= 0.6 is 0 Å². The molecular weight excluding hydrogens is 496 g/mol. The molecular formula is C31H42N2O6. The highest BCUT2D eigenvalue weighted by Crippen LogP contribution is 2.59. The lowest BCUT2D eigenvalue weighted by Crippen LogP contribution is -2.59. The molecule has 0 aliphatic carbocycles. The standard InChI is InChI=1S/C31H42N2O6/c1-7-9-16-38-30(37)24-23-13-14-31(39-23)25(24)28(35)33(22(18-34)17-19(3)4)27(31)29(36)32(15-8-2)26-20(5)11-10-12-21(26)6/h7-8,10-12,19,22-25,27,34H,1-2,9,13-18H2,3-6H3/t22-,23+,24-,25+,27?,31?/m1/s1. The number of benzene rings is 1. The van der Waals surface area contributed by atoms with Gasteiger partial charge in [-0.2, -0.15) is 0 Å². The van der Waals surface area contributed by atoms with Crippen molar-refractivity contribution in [3.8, 4) is 0 Å². The summed E-state index contributed by atoms with van der Waals surface area (Å²) in [6.07, 6.45) is 4.91. The summed E-state index contributed by atoms with van der Waals surface area (Å²) in [5.41, 5.74) is 1.46. The zero-order valence-corrected chi connectivity index (χ0v) is 23.6. The van der Waals surface area contributed by atoms with Gasteiger partial charge in [-0.3, -0.25) is 14.4 Å². The maximum atomic E-state index is 14.7. The van der Waals surface area contributed by atoms with Gasteiger partial charge in [0, 0.05) is 12.2 Å². The second-order valence-corrected chi connectivity index (χ2v) is 11.5. The molecule has 3 aliphatic rings. The Morgan fingerprint density at radius 2 is 1.95 bits per heavy atom. The lowest BCUT2D eigenvalue weighted by atomic mass is 9.70. The second kappa shape index (κ2) is 11.6. The monoisotopic (exact) mass is 538 g/mol. The van der Waals surface area contributed by atoms with Crippen LogP contribution in [0.4, 0.5) is 5.69 Å². The van der Waals surface area contributed by atoms with Gasteiger partial charge in [-0.1, -0.05) is 44.2 Å². The summed E-state index contributed by atoms with van der Waals surface area (Å²) >= 11 is 0. The third-order valence-corrected chi connectivity index (χ3v) is 8.45. The Morgan fingerprint density at radius 1 is 1.26 bits per heavy atom. The molecule has 2 bridgehead atoms. The van der Waals surface area contributed by atoms with Crippen LogP contribution in [0.2, 0.25) is 0 Å². The maximum absolute atomic E-state index is 14.7. The van der Waals surface area contributed by atoms with Crippen LogP contribution in [0, 0.1) is 31.6 Å². The molecule has 3 saturated heterocycles. The van der Waals surface area contributed by atoms with Crippen LogP contribution < -0.4 is 4.90 Å². The van der Waals surface area contributed by atoms with Crippen LogP contribution in [0.5, 0.6) is 0 Å². The first kappa shape index (κ1) is 29.0. The first-order valence-electron chi connectivity index (χ1n) is 14.0. The van der Waals surface area contributed by atoms with Gasteiger partial charge >= 0.3 is 5.97 Å². The van der Waals surface area contributed by atoms with E-state index >= 15 is 0 Å². The molecule has 212 valence electrons. The Morgan fingerprint density at radius 3 is 2.54 bits per heavy atom. The van der Waals surface area contributed by atoms with Crippen molar-refractivity contribution in [2.75, 3.05) is 24.7 Å². The van der Waals surface area contributed by atoms with Crippen LogP contribution in [-0.4, -0.2) is 71.3 Å². The molecule has 1 spiro atoms. The number of amides is 2. The molecule has 8 nitrogen and oxygen atoms in total. The van der Waals surface area contributed by atoms with Crippen molar-refractivity contribution in [1.82, 2.24) is 4.90 Å². The van der Waals surface area contributed by atoms with Crippen molar-refractivity contribution in [1.29, 1.82) is 0 Å². The molecule has 3 fully saturated rings. The third kappa shape index (κ3) is 4.93. The molecule has 3 aliphatic heterocycles. The third-order valence-electron chi connectivity index (χ3n) is 8.45. The first-order valence-corrected chi connectivity index (χ1v) is 14.0. The van der Waals surface area contributed by atoms with Gasteiger partial charge in [0.15, 0.2) is 0 Å². The van der Waals surface area contributed by atoms with Gasteiger partial charge in [-0.05, 0) is 56.6 Å². The Hall–Kier alpha value is -2.97. The van der Waals surface area contributed by atoms with E-state index in [9.17, 15) is 19.5 Å². The number of carbonyl (C=O) groups excluding carboxylic acids is 3. The van der Waals surface area contributed by atoms with E-state index in [1.807, 2.05) is 45.9 Å². The predicted molar refractivity (Wildman–Crippen MR) is 149 cm³/mol. The molecule has 3 heterocycles. The van der Waals surface area contributed by atoms with E-state index in [0.717, 1.165) is 16.8 Å². The molecule has 39 heavy (non-hydrogen) atoms. The average Bonchev–Trinajstić information content (AvgIpc) is 3.53. The molecule has 0 aromatic heterocycles. The molecule has 0 radical (unpaired) electrons. The van der Waals surface area contributed by atoms with Crippen molar-refractivity contribution in [3.63, 3.8) is 0 Å². The molecule has 0 saturated carbocycles. The number of aliphatic hydroxyl groups is 1. The van der Waals surface area contributed by atoms with Gasteiger partial charge in [0.25, 0.3) is 5.91 Å².